The molecule has 6 nitrogen and oxygen atoms in total. The minimum absolute atomic E-state index is 0.00360. The maximum atomic E-state index is 13.1. The summed E-state index contributed by atoms with van der Waals surface area (Å²) in [6.45, 7) is 3.41. The maximum absolute atomic E-state index is 13.1. The molecular weight excluding hydrogens is 461 g/mol. The minimum atomic E-state index is -4.44. The first kappa shape index (κ1) is 25.3. The van der Waals surface area contributed by atoms with E-state index >= 15 is 0 Å². The number of likely N-dealkylation sites (tertiary alicyclic amines) is 1. The third-order valence-electron chi connectivity index (χ3n) is 7.24. The third-order valence-corrected chi connectivity index (χ3v) is 7.24. The highest BCUT2D eigenvalue weighted by molar-refractivity contribution is 5.85. The molecule has 9 heteroatoms. The average Bonchev–Trinajstić information content (AvgIpc) is 3.32. The lowest BCUT2D eigenvalue weighted by atomic mass is 9.79. The van der Waals surface area contributed by atoms with Gasteiger partial charge < -0.3 is 19.9 Å². The number of alkyl halides is 3. The number of hydrogen-bond donors (Lipinski definition) is 1. The van der Waals surface area contributed by atoms with E-state index in [-0.39, 0.29) is 23.9 Å². The van der Waals surface area contributed by atoms with Crippen molar-refractivity contribution in [2.45, 2.75) is 56.0 Å². The molecule has 0 aliphatic carbocycles. The fraction of sp³-hybridized carbons (Fsp3) is 0.500. The van der Waals surface area contributed by atoms with Crippen LogP contribution >= 0.6 is 0 Å². The molecule has 190 valence electrons. The van der Waals surface area contributed by atoms with Crippen molar-refractivity contribution in [3.8, 4) is 11.5 Å². The van der Waals surface area contributed by atoms with Crippen LogP contribution in [0.25, 0.3) is 0 Å². The van der Waals surface area contributed by atoms with Crippen LogP contribution in [0.3, 0.4) is 0 Å². The largest absolute Gasteiger partial charge is 0.497 e. The van der Waals surface area contributed by atoms with Crippen molar-refractivity contribution in [1.29, 1.82) is 0 Å². The van der Waals surface area contributed by atoms with Crippen molar-refractivity contribution in [1.82, 2.24) is 4.90 Å². The van der Waals surface area contributed by atoms with Gasteiger partial charge in [0.25, 0.3) is 0 Å². The number of carbonyl (C=O) groups is 1. The number of rotatable bonds is 7. The lowest BCUT2D eigenvalue weighted by Gasteiger charge is -2.46. The summed E-state index contributed by atoms with van der Waals surface area (Å²) in [6, 6.07) is 12.6. The molecule has 2 N–H and O–H groups in total. The van der Waals surface area contributed by atoms with Gasteiger partial charge in [-0.1, -0.05) is 25.1 Å². The van der Waals surface area contributed by atoms with E-state index in [9.17, 15) is 18.0 Å². The number of methoxy groups -OCH3 is 1. The zero-order chi connectivity index (χ0) is 25.2. The van der Waals surface area contributed by atoms with Crippen LogP contribution in [-0.2, 0) is 15.7 Å². The second-order valence-corrected chi connectivity index (χ2v) is 9.32. The van der Waals surface area contributed by atoms with Gasteiger partial charge in [-0.05, 0) is 48.7 Å². The highest BCUT2D eigenvalue weighted by Gasteiger charge is 2.50. The Labute approximate surface area is 203 Å². The molecule has 0 aromatic heterocycles. The number of hydrogen-bond acceptors (Lipinski definition) is 5. The Bertz CT molecular complexity index is 1050. The fourth-order valence-electron chi connectivity index (χ4n) is 5.15. The zero-order valence-corrected chi connectivity index (χ0v) is 19.9. The number of carbonyl (C=O) groups excluding carboxylic acids is 1. The lowest BCUT2D eigenvalue weighted by Crippen LogP contribution is -2.61. The third kappa shape index (κ3) is 5.41. The number of nitrogens with two attached hydrogens (primary N) is 1. The predicted molar refractivity (Wildman–Crippen MR) is 124 cm³/mol. The van der Waals surface area contributed by atoms with Crippen LogP contribution < -0.4 is 15.2 Å². The zero-order valence-electron chi connectivity index (χ0n) is 19.9. The van der Waals surface area contributed by atoms with Gasteiger partial charge in [0.1, 0.15) is 23.1 Å². The Kier molecular flexibility index (Phi) is 7.28. The van der Waals surface area contributed by atoms with Crippen molar-refractivity contribution in [2.24, 2.45) is 5.73 Å². The summed E-state index contributed by atoms with van der Waals surface area (Å²) in [5.74, 6) is 0.504. The van der Waals surface area contributed by atoms with Gasteiger partial charge in [-0.3, -0.25) is 9.69 Å². The van der Waals surface area contributed by atoms with Crippen molar-refractivity contribution in [2.75, 3.05) is 26.8 Å². The fourth-order valence-corrected chi connectivity index (χ4v) is 5.15. The van der Waals surface area contributed by atoms with Crippen LogP contribution in [0.4, 0.5) is 13.2 Å². The average molecular weight is 493 g/mol. The van der Waals surface area contributed by atoms with Gasteiger partial charge in [0.05, 0.1) is 18.8 Å². The van der Waals surface area contributed by atoms with E-state index in [4.69, 9.17) is 19.9 Å². The molecule has 2 saturated heterocycles. The number of amides is 1. The Hall–Kier alpha value is -2.78. The van der Waals surface area contributed by atoms with E-state index in [1.54, 1.807) is 7.11 Å². The van der Waals surface area contributed by atoms with Crippen LogP contribution in [0.15, 0.2) is 48.5 Å². The van der Waals surface area contributed by atoms with Crippen LogP contribution in [0.2, 0.25) is 0 Å². The van der Waals surface area contributed by atoms with E-state index in [0.717, 1.165) is 23.4 Å². The Balaban J connectivity index is 1.48. The van der Waals surface area contributed by atoms with Gasteiger partial charge in [0.15, 0.2) is 0 Å². The standard InChI is InChI=1S/C26H31F3N2O4/c1-17(18-5-3-7-20(13-18)33-2)23-15-25(24(30)32,10-12-34-23)31-11-9-22(16-31)35-21-8-4-6-19(14-21)26(27,28)29/h3-8,13-14,17,22-23H,9-12,15-16H2,1-2H3,(H2,30,32)/t17-,22?,23?,25?/m0/s1. The van der Waals surface area contributed by atoms with Crippen LogP contribution in [0, 0.1) is 0 Å². The summed E-state index contributed by atoms with van der Waals surface area (Å²) in [5, 5.41) is 0. The molecule has 2 aromatic carbocycles. The Morgan fingerprint density at radius 2 is 1.94 bits per heavy atom. The molecule has 0 spiro atoms. The van der Waals surface area contributed by atoms with Gasteiger partial charge in [0, 0.05) is 32.0 Å². The second-order valence-electron chi connectivity index (χ2n) is 9.32. The van der Waals surface area contributed by atoms with Gasteiger partial charge >= 0.3 is 6.18 Å². The smallest absolute Gasteiger partial charge is 0.416 e. The van der Waals surface area contributed by atoms with Crippen LogP contribution in [0.1, 0.15) is 43.2 Å². The molecule has 3 unspecified atom stereocenters. The molecule has 35 heavy (non-hydrogen) atoms. The Morgan fingerprint density at radius 3 is 2.66 bits per heavy atom. The van der Waals surface area contributed by atoms with E-state index < -0.39 is 23.2 Å². The van der Waals surface area contributed by atoms with Gasteiger partial charge in [-0.15, -0.1) is 0 Å². The molecule has 1 amide bonds. The van der Waals surface area contributed by atoms with Crippen LogP contribution in [0.5, 0.6) is 11.5 Å². The molecule has 4 rings (SSSR count). The number of primary amides is 1. The summed E-state index contributed by atoms with van der Waals surface area (Å²) in [4.78, 5) is 14.9. The van der Waals surface area contributed by atoms with Gasteiger partial charge in [0.2, 0.25) is 5.91 Å². The molecule has 2 aromatic rings. The molecular formula is C26H31F3N2O4. The lowest BCUT2D eigenvalue weighted by molar-refractivity contribution is -0.142. The summed E-state index contributed by atoms with van der Waals surface area (Å²) < 4.78 is 56.5. The van der Waals surface area contributed by atoms with Crippen molar-refractivity contribution in [3.63, 3.8) is 0 Å². The topological polar surface area (TPSA) is 74.0 Å². The molecule has 2 aliphatic heterocycles. The first-order valence-corrected chi connectivity index (χ1v) is 11.8. The molecule has 2 heterocycles. The second kappa shape index (κ2) is 10.1. The van der Waals surface area contributed by atoms with Gasteiger partial charge in [-0.25, -0.2) is 0 Å². The van der Waals surface area contributed by atoms with Crippen molar-refractivity contribution < 1.29 is 32.2 Å². The molecule has 0 radical (unpaired) electrons. The number of ether oxygens (including phenoxy) is 3. The van der Waals surface area contributed by atoms with Crippen LogP contribution in [-0.4, -0.2) is 55.4 Å². The molecule has 4 atom stereocenters. The monoisotopic (exact) mass is 492 g/mol. The number of nitrogens with zero attached hydrogens (tertiary/aromatic N) is 1. The first-order valence-electron chi connectivity index (χ1n) is 11.8. The summed E-state index contributed by atoms with van der Waals surface area (Å²) >= 11 is 0. The van der Waals surface area contributed by atoms with E-state index in [1.807, 2.05) is 29.2 Å². The van der Waals surface area contributed by atoms with E-state index in [1.165, 1.54) is 12.1 Å². The number of benzene rings is 2. The predicted octanol–water partition coefficient (Wildman–Crippen LogP) is 4.37. The van der Waals surface area contributed by atoms with Crippen molar-refractivity contribution in [3.05, 3.63) is 59.7 Å². The van der Waals surface area contributed by atoms with Crippen molar-refractivity contribution >= 4 is 5.91 Å². The van der Waals surface area contributed by atoms with Gasteiger partial charge in [-0.2, -0.15) is 13.2 Å². The van der Waals surface area contributed by atoms with E-state index in [0.29, 0.717) is 39.0 Å². The maximum Gasteiger partial charge on any atom is 0.416 e. The highest BCUT2D eigenvalue weighted by Crippen LogP contribution is 2.39. The summed E-state index contributed by atoms with van der Waals surface area (Å²) in [7, 11) is 1.62. The molecule has 0 bridgehead atoms. The SMILES string of the molecule is COc1cccc([C@H](C)C2CC(C(N)=O)(N3CCC(Oc4cccc(C(F)(F)F)c4)C3)CCO2)c1. The first-order chi connectivity index (χ1) is 16.6. The summed E-state index contributed by atoms with van der Waals surface area (Å²) in [6.07, 6.45) is -3.54. The normalized spacial score (nSPS) is 26.3. The number of halogens is 3. The quantitative estimate of drug-likeness (QED) is 0.621. The molecule has 0 saturated carbocycles. The van der Waals surface area contributed by atoms with E-state index in [2.05, 4.69) is 6.92 Å². The summed E-state index contributed by atoms with van der Waals surface area (Å²) in [5.41, 5.74) is 5.36. The Morgan fingerprint density at radius 1 is 1.20 bits per heavy atom. The highest BCUT2D eigenvalue weighted by atomic mass is 19.4. The molecule has 2 aliphatic rings. The minimum Gasteiger partial charge on any atom is -0.497 e. The molecule has 2 fully saturated rings.